The molecular weight excluding hydrogens is 336 g/mol. The lowest BCUT2D eigenvalue weighted by Crippen LogP contribution is -2.42. The zero-order valence-corrected chi connectivity index (χ0v) is 15.5. The van der Waals surface area contributed by atoms with E-state index >= 15 is 0 Å². The minimum atomic E-state index is -0.334. The van der Waals surface area contributed by atoms with Crippen LogP contribution in [0.4, 0.5) is 0 Å². The Morgan fingerprint density at radius 3 is 2.81 bits per heavy atom. The largest absolute Gasteiger partial charge is 0.391 e. The lowest BCUT2D eigenvalue weighted by molar-refractivity contribution is 0.0471. The van der Waals surface area contributed by atoms with Crippen LogP contribution in [0, 0.1) is 0 Å². The van der Waals surface area contributed by atoms with E-state index in [4.69, 9.17) is 5.10 Å². The van der Waals surface area contributed by atoms with Gasteiger partial charge in [0.05, 0.1) is 24.0 Å². The van der Waals surface area contributed by atoms with Crippen LogP contribution in [0.25, 0.3) is 10.8 Å². The molecule has 5 heteroatoms. The predicted octanol–water partition coefficient (Wildman–Crippen LogP) is 2.49. The maximum absolute atomic E-state index is 10.8. The summed E-state index contributed by atoms with van der Waals surface area (Å²) in [6, 6.07) is 17.2. The molecule has 3 aromatic rings. The Labute approximate surface area is 159 Å². The van der Waals surface area contributed by atoms with Crippen LogP contribution < -0.4 is 5.32 Å². The van der Waals surface area contributed by atoms with E-state index in [0.717, 1.165) is 44.8 Å². The monoisotopic (exact) mass is 362 g/mol. The fraction of sp³-hybridized carbons (Fsp3) is 0.409. The molecule has 5 nitrogen and oxygen atoms in total. The van der Waals surface area contributed by atoms with E-state index in [0.29, 0.717) is 6.54 Å². The van der Waals surface area contributed by atoms with Crippen molar-refractivity contribution in [2.75, 3.05) is 19.6 Å². The number of hydrogen-bond acceptors (Lipinski definition) is 4. The van der Waals surface area contributed by atoms with Crippen LogP contribution >= 0.6 is 0 Å². The second-order valence-electron chi connectivity index (χ2n) is 7.83. The number of β-amino-alcohol motifs (C(OH)–C–C–N with tert-alkyl or cyclic N) is 1. The van der Waals surface area contributed by atoms with Gasteiger partial charge in [-0.1, -0.05) is 42.5 Å². The number of aliphatic hydroxyl groups is 1. The van der Waals surface area contributed by atoms with Crippen LogP contribution in [0.15, 0.2) is 48.5 Å². The van der Waals surface area contributed by atoms with Crippen molar-refractivity contribution in [2.45, 2.75) is 38.1 Å². The second-order valence-corrected chi connectivity index (χ2v) is 7.83. The standard InChI is InChI=1S/C22H26N4O/c27-22-15-25(14-19-12-20-13-23-8-10-26(20)24-19)9-7-21(22)18-6-5-16-3-1-2-4-17(16)11-18/h1-6,11-12,21-23,27H,7-10,13-15H2. The Morgan fingerprint density at radius 2 is 1.96 bits per heavy atom. The molecule has 2 N–H and O–H groups in total. The molecule has 0 amide bonds. The molecule has 2 aliphatic heterocycles. The van der Waals surface area contributed by atoms with E-state index in [2.05, 4.69) is 63.4 Å². The molecule has 1 fully saturated rings. The Kier molecular flexibility index (Phi) is 4.44. The van der Waals surface area contributed by atoms with Crippen molar-refractivity contribution in [3.05, 3.63) is 65.5 Å². The number of hydrogen-bond donors (Lipinski definition) is 2. The van der Waals surface area contributed by atoms with Crippen molar-refractivity contribution < 1.29 is 5.11 Å². The third kappa shape index (κ3) is 3.38. The molecule has 5 rings (SSSR count). The van der Waals surface area contributed by atoms with Gasteiger partial charge in [0.1, 0.15) is 0 Å². The maximum atomic E-state index is 10.8. The van der Waals surface area contributed by atoms with Gasteiger partial charge in [-0.3, -0.25) is 9.58 Å². The summed E-state index contributed by atoms with van der Waals surface area (Å²) in [4.78, 5) is 2.34. The predicted molar refractivity (Wildman–Crippen MR) is 107 cm³/mol. The molecule has 3 heterocycles. The van der Waals surface area contributed by atoms with Gasteiger partial charge in [0.25, 0.3) is 0 Å². The minimum Gasteiger partial charge on any atom is -0.391 e. The highest BCUT2D eigenvalue weighted by molar-refractivity contribution is 5.83. The molecule has 2 aromatic carbocycles. The van der Waals surface area contributed by atoms with Crippen LogP contribution in [0.3, 0.4) is 0 Å². The number of aromatic nitrogens is 2. The topological polar surface area (TPSA) is 53.3 Å². The molecule has 1 aromatic heterocycles. The van der Waals surface area contributed by atoms with Crippen molar-refractivity contribution in [3.8, 4) is 0 Å². The van der Waals surface area contributed by atoms with Gasteiger partial charge in [0.15, 0.2) is 0 Å². The number of benzene rings is 2. The molecule has 0 radical (unpaired) electrons. The molecule has 0 spiro atoms. The summed E-state index contributed by atoms with van der Waals surface area (Å²) in [7, 11) is 0. The van der Waals surface area contributed by atoms with Gasteiger partial charge in [-0.15, -0.1) is 0 Å². The van der Waals surface area contributed by atoms with Gasteiger partial charge in [0.2, 0.25) is 0 Å². The van der Waals surface area contributed by atoms with Gasteiger partial charge >= 0.3 is 0 Å². The van der Waals surface area contributed by atoms with Gasteiger partial charge < -0.3 is 10.4 Å². The number of fused-ring (bicyclic) bond motifs is 2. The Bertz CT molecular complexity index is 927. The van der Waals surface area contributed by atoms with E-state index in [1.54, 1.807) is 0 Å². The highest BCUT2D eigenvalue weighted by Crippen LogP contribution is 2.31. The Balaban J connectivity index is 1.27. The lowest BCUT2D eigenvalue weighted by atomic mass is 9.86. The summed E-state index contributed by atoms with van der Waals surface area (Å²) in [6.45, 7) is 5.36. The van der Waals surface area contributed by atoms with Crippen molar-refractivity contribution in [2.24, 2.45) is 0 Å². The summed E-state index contributed by atoms with van der Waals surface area (Å²) in [5, 5.41) is 21.5. The van der Waals surface area contributed by atoms with Crippen LogP contribution in [0.1, 0.15) is 29.3 Å². The molecule has 0 bridgehead atoms. The highest BCUT2D eigenvalue weighted by atomic mass is 16.3. The first kappa shape index (κ1) is 16.9. The zero-order chi connectivity index (χ0) is 18.2. The van der Waals surface area contributed by atoms with Gasteiger partial charge in [-0.05, 0) is 35.4 Å². The van der Waals surface area contributed by atoms with Gasteiger partial charge in [-0.2, -0.15) is 5.10 Å². The number of aliphatic hydroxyl groups excluding tert-OH is 1. The fourth-order valence-electron chi connectivity index (χ4n) is 4.53. The summed E-state index contributed by atoms with van der Waals surface area (Å²) < 4.78 is 2.12. The molecule has 2 atom stereocenters. The summed E-state index contributed by atoms with van der Waals surface area (Å²) in [5.74, 6) is 0.213. The third-order valence-corrected chi connectivity index (χ3v) is 5.97. The van der Waals surface area contributed by atoms with E-state index in [-0.39, 0.29) is 12.0 Å². The van der Waals surface area contributed by atoms with Crippen molar-refractivity contribution in [1.29, 1.82) is 0 Å². The molecule has 2 aliphatic rings. The molecule has 0 aliphatic carbocycles. The number of rotatable bonds is 3. The van der Waals surface area contributed by atoms with Gasteiger partial charge in [0, 0.05) is 32.1 Å². The van der Waals surface area contributed by atoms with Crippen LogP contribution in [0.2, 0.25) is 0 Å². The average molecular weight is 362 g/mol. The quantitative estimate of drug-likeness (QED) is 0.752. The number of piperidine rings is 1. The van der Waals surface area contributed by atoms with Crippen LogP contribution in [-0.4, -0.2) is 45.5 Å². The first-order valence-electron chi connectivity index (χ1n) is 9.92. The Morgan fingerprint density at radius 1 is 1.07 bits per heavy atom. The zero-order valence-electron chi connectivity index (χ0n) is 15.5. The average Bonchev–Trinajstić information content (AvgIpc) is 3.10. The normalized spacial score (nSPS) is 23.4. The SMILES string of the molecule is OC1CN(Cc2cc3n(n2)CCNC3)CCC1c1ccc2ccccc2c1. The molecule has 2 unspecified atom stereocenters. The first-order valence-corrected chi connectivity index (χ1v) is 9.92. The van der Waals surface area contributed by atoms with Crippen molar-refractivity contribution >= 4 is 10.8 Å². The minimum absolute atomic E-state index is 0.213. The highest BCUT2D eigenvalue weighted by Gasteiger charge is 2.29. The van der Waals surface area contributed by atoms with Gasteiger partial charge in [-0.25, -0.2) is 0 Å². The maximum Gasteiger partial charge on any atom is 0.0768 e. The van der Waals surface area contributed by atoms with E-state index in [1.165, 1.54) is 22.0 Å². The summed E-state index contributed by atoms with van der Waals surface area (Å²) >= 11 is 0. The number of nitrogens with zero attached hydrogens (tertiary/aromatic N) is 3. The fourth-order valence-corrected chi connectivity index (χ4v) is 4.53. The number of likely N-dealkylation sites (tertiary alicyclic amines) is 1. The molecule has 0 saturated carbocycles. The second kappa shape index (κ2) is 7.08. The summed E-state index contributed by atoms with van der Waals surface area (Å²) in [5.41, 5.74) is 3.64. The molecule has 27 heavy (non-hydrogen) atoms. The van der Waals surface area contributed by atoms with E-state index in [9.17, 15) is 5.11 Å². The number of nitrogens with one attached hydrogen (secondary N) is 1. The van der Waals surface area contributed by atoms with E-state index < -0.39 is 0 Å². The smallest absolute Gasteiger partial charge is 0.0768 e. The first-order chi connectivity index (χ1) is 13.3. The van der Waals surface area contributed by atoms with Crippen LogP contribution in [-0.2, 0) is 19.6 Å². The van der Waals surface area contributed by atoms with Crippen molar-refractivity contribution in [3.63, 3.8) is 0 Å². The third-order valence-electron chi connectivity index (χ3n) is 5.97. The molecule has 140 valence electrons. The lowest BCUT2D eigenvalue weighted by Gasteiger charge is -2.36. The molecular formula is C22H26N4O. The van der Waals surface area contributed by atoms with E-state index in [1.807, 2.05) is 0 Å². The van der Waals surface area contributed by atoms with Crippen LogP contribution in [0.5, 0.6) is 0 Å². The van der Waals surface area contributed by atoms with Crippen molar-refractivity contribution in [1.82, 2.24) is 20.0 Å². The summed E-state index contributed by atoms with van der Waals surface area (Å²) in [6.07, 6.45) is 0.646. The molecule has 1 saturated heterocycles. The Hall–Kier alpha value is -2.21.